The molecule has 1 aromatic heterocycles. The van der Waals surface area contributed by atoms with Gasteiger partial charge in [-0.1, -0.05) is 6.92 Å². The van der Waals surface area contributed by atoms with Gasteiger partial charge in [-0.05, 0) is 32.1 Å². The molecule has 1 aromatic rings. The van der Waals surface area contributed by atoms with Gasteiger partial charge in [0.25, 0.3) is 5.91 Å². The lowest BCUT2D eigenvalue weighted by atomic mass is 10.1. The van der Waals surface area contributed by atoms with Gasteiger partial charge < -0.3 is 15.0 Å². The minimum Gasteiger partial charge on any atom is -0.379 e. The Morgan fingerprint density at radius 2 is 2.23 bits per heavy atom. The molecule has 3 heterocycles. The molecule has 6 heteroatoms. The van der Waals surface area contributed by atoms with Crippen molar-refractivity contribution in [3.63, 3.8) is 0 Å². The van der Waals surface area contributed by atoms with Crippen LogP contribution in [0.2, 0.25) is 0 Å². The fraction of sp³-hybridized carbons (Fsp3) is 0.688. The van der Waals surface area contributed by atoms with Crippen molar-refractivity contribution < 1.29 is 9.53 Å². The number of hydrogen-bond donors (Lipinski definition) is 1. The van der Waals surface area contributed by atoms with Crippen LogP contribution in [0, 0.1) is 0 Å². The van der Waals surface area contributed by atoms with E-state index in [4.69, 9.17) is 4.74 Å². The molecule has 0 spiro atoms. The van der Waals surface area contributed by atoms with Crippen molar-refractivity contribution in [1.29, 1.82) is 0 Å². The van der Waals surface area contributed by atoms with E-state index in [-0.39, 0.29) is 11.9 Å². The van der Waals surface area contributed by atoms with Crippen molar-refractivity contribution in [2.75, 3.05) is 31.2 Å². The lowest BCUT2D eigenvalue weighted by Gasteiger charge is -2.23. The predicted octanol–water partition coefficient (Wildman–Crippen LogP) is 1.55. The summed E-state index contributed by atoms with van der Waals surface area (Å²) < 4.78 is 5.41. The highest BCUT2D eigenvalue weighted by Crippen LogP contribution is 2.18. The van der Waals surface area contributed by atoms with Crippen molar-refractivity contribution in [3.8, 4) is 0 Å². The van der Waals surface area contributed by atoms with Crippen LogP contribution in [0.5, 0.6) is 0 Å². The number of anilines is 1. The second-order valence-corrected chi connectivity index (χ2v) is 5.97. The number of nitrogens with zero attached hydrogens (tertiary/aromatic N) is 3. The molecule has 3 rings (SSSR count). The van der Waals surface area contributed by atoms with Crippen LogP contribution in [0.25, 0.3) is 0 Å². The third-order valence-corrected chi connectivity index (χ3v) is 4.32. The molecule has 0 bridgehead atoms. The largest absolute Gasteiger partial charge is 0.379 e. The van der Waals surface area contributed by atoms with E-state index >= 15 is 0 Å². The first-order valence-corrected chi connectivity index (χ1v) is 8.27. The zero-order chi connectivity index (χ0) is 15.4. The lowest BCUT2D eigenvalue weighted by molar-refractivity contribution is 0.0623. The summed E-state index contributed by atoms with van der Waals surface area (Å²) >= 11 is 0. The van der Waals surface area contributed by atoms with Crippen LogP contribution in [0.15, 0.2) is 6.20 Å². The fourth-order valence-electron chi connectivity index (χ4n) is 3.05. The van der Waals surface area contributed by atoms with Crippen molar-refractivity contribution in [1.82, 2.24) is 15.3 Å². The molecule has 6 nitrogen and oxygen atoms in total. The first-order valence-electron chi connectivity index (χ1n) is 8.27. The summed E-state index contributed by atoms with van der Waals surface area (Å²) in [4.78, 5) is 23.7. The Hall–Kier alpha value is -1.69. The van der Waals surface area contributed by atoms with Crippen molar-refractivity contribution in [2.45, 2.75) is 45.1 Å². The summed E-state index contributed by atoms with van der Waals surface area (Å²) in [5.74, 6) is 0.673. The van der Waals surface area contributed by atoms with Gasteiger partial charge in [-0.15, -0.1) is 0 Å². The highest BCUT2D eigenvalue weighted by atomic mass is 16.5. The molecule has 2 aliphatic heterocycles. The molecule has 0 saturated carbocycles. The molecular weight excluding hydrogens is 280 g/mol. The number of carbonyl (C=O) groups is 1. The molecule has 22 heavy (non-hydrogen) atoms. The Balaban J connectivity index is 1.72. The summed E-state index contributed by atoms with van der Waals surface area (Å²) in [6, 6.07) is 0.101. The number of nitrogens with one attached hydrogen (secondary N) is 1. The minimum atomic E-state index is -0.0830. The zero-order valence-corrected chi connectivity index (χ0v) is 13.2. The molecule has 1 N–H and O–H groups in total. The summed E-state index contributed by atoms with van der Waals surface area (Å²) in [6.45, 7) is 5.43. The van der Waals surface area contributed by atoms with E-state index in [1.807, 2.05) is 6.92 Å². The standard InChI is InChI=1S/C16H24N4O2/c1-2-14-13(15(21)18-12-6-5-9-22-11-12)10-17-16(19-14)20-7-3-4-8-20/h10,12H,2-9,11H2,1H3,(H,18,21). The Bertz CT molecular complexity index is 523. The minimum absolute atomic E-state index is 0.0830. The van der Waals surface area contributed by atoms with Gasteiger partial charge in [0, 0.05) is 25.9 Å². The molecule has 0 radical (unpaired) electrons. The topological polar surface area (TPSA) is 67.4 Å². The maximum atomic E-state index is 12.5. The lowest BCUT2D eigenvalue weighted by Crippen LogP contribution is -2.41. The molecule has 0 aliphatic carbocycles. The first kappa shape index (κ1) is 15.2. The predicted molar refractivity (Wildman–Crippen MR) is 84.2 cm³/mol. The van der Waals surface area contributed by atoms with E-state index in [1.54, 1.807) is 6.20 Å². The molecule has 2 fully saturated rings. The van der Waals surface area contributed by atoms with Crippen LogP contribution in [0.3, 0.4) is 0 Å². The van der Waals surface area contributed by atoms with E-state index in [1.165, 1.54) is 12.8 Å². The van der Waals surface area contributed by atoms with Gasteiger partial charge >= 0.3 is 0 Å². The maximum absolute atomic E-state index is 12.5. The van der Waals surface area contributed by atoms with Crippen LogP contribution < -0.4 is 10.2 Å². The van der Waals surface area contributed by atoms with Gasteiger partial charge in [-0.2, -0.15) is 0 Å². The van der Waals surface area contributed by atoms with E-state index in [9.17, 15) is 4.79 Å². The Morgan fingerprint density at radius 3 is 2.91 bits per heavy atom. The number of carbonyl (C=O) groups excluding carboxylic acids is 1. The molecule has 2 saturated heterocycles. The Labute approximate surface area is 131 Å². The molecule has 1 atom stereocenters. The van der Waals surface area contributed by atoms with Gasteiger partial charge in [0.1, 0.15) is 0 Å². The number of aromatic nitrogens is 2. The van der Waals surface area contributed by atoms with Crippen molar-refractivity contribution in [3.05, 3.63) is 17.5 Å². The van der Waals surface area contributed by atoms with E-state index < -0.39 is 0 Å². The first-order chi connectivity index (χ1) is 10.8. The monoisotopic (exact) mass is 304 g/mol. The number of ether oxygens (including phenoxy) is 1. The second kappa shape index (κ2) is 7.05. The Morgan fingerprint density at radius 1 is 1.41 bits per heavy atom. The molecule has 0 aromatic carbocycles. The fourth-order valence-corrected chi connectivity index (χ4v) is 3.05. The Kier molecular flexibility index (Phi) is 4.87. The highest BCUT2D eigenvalue weighted by Gasteiger charge is 2.21. The zero-order valence-electron chi connectivity index (χ0n) is 13.2. The van der Waals surface area contributed by atoms with Gasteiger partial charge in [-0.3, -0.25) is 4.79 Å². The van der Waals surface area contributed by atoms with E-state index in [0.717, 1.165) is 50.6 Å². The summed E-state index contributed by atoms with van der Waals surface area (Å²) in [5, 5.41) is 3.04. The number of rotatable bonds is 4. The SMILES string of the molecule is CCc1nc(N2CCCC2)ncc1C(=O)NC1CCCOC1. The quantitative estimate of drug-likeness (QED) is 0.914. The number of amides is 1. The molecular formula is C16H24N4O2. The van der Waals surface area contributed by atoms with Crippen LogP contribution in [-0.4, -0.2) is 48.2 Å². The molecule has 1 amide bonds. The second-order valence-electron chi connectivity index (χ2n) is 5.97. The average molecular weight is 304 g/mol. The van der Waals surface area contributed by atoms with Crippen molar-refractivity contribution in [2.24, 2.45) is 0 Å². The van der Waals surface area contributed by atoms with Crippen LogP contribution in [0.1, 0.15) is 48.7 Å². The number of hydrogen-bond acceptors (Lipinski definition) is 5. The van der Waals surface area contributed by atoms with Crippen LogP contribution in [-0.2, 0) is 11.2 Å². The summed E-state index contributed by atoms with van der Waals surface area (Å²) in [5.41, 5.74) is 1.42. The van der Waals surface area contributed by atoms with Gasteiger partial charge in [0.05, 0.1) is 23.9 Å². The van der Waals surface area contributed by atoms with E-state index in [2.05, 4.69) is 20.2 Å². The van der Waals surface area contributed by atoms with E-state index in [0.29, 0.717) is 12.2 Å². The van der Waals surface area contributed by atoms with Gasteiger partial charge in [0.2, 0.25) is 5.95 Å². The number of aryl methyl sites for hydroxylation is 1. The van der Waals surface area contributed by atoms with Crippen LogP contribution in [0.4, 0.5) is 5.95 Å². The summed E-state index contributed by atoms with van der Waals surface area (Å²) in [7, 11) is 0. The third kappa shape index (κ3) is 3.38. The smallest absolute Gasteiger partial charge is 0.255 e. The average Bonchev–Trinajstić information content (AvgIpc) is 3.09. The normalized spacial score (nSPS) is 21.9. The highest BCUT2D eigenvalue weighted by molar-refractivity contribution is 5.95. The maximum Gasteiger partial charge on any atom is 0.255 e. The summed E-state index contributed by atoms with van der Waals surface area (Å²) in [6.07, 6.45) is 6.76. The van der Waals surface area contributed by atoms with Gasteiger partial charge in [0.15, 0.2) is 0 Å². The van der Waals surface area contributed by atoms with Gasteiger partial charge in [-0.25, -0.2) is 9.97 Å². The third-order valence-electron chi connectivity index (χ3n) is 4.32. The molecule has 120 valence electrons. The van der Waals surface area contributed by atoms with Crippen molar-refractivity contribution >= 4 is 11.9 Å². The molecule has 1 unspecified atom stereocenters. The van der Waals surface area contributed by atoms with Crippen LogP contribution >= 0.6 is 0 Å². The molecule has 2 aliphatic rings.